The smallest absolute Gasteiger partial charge is 0.220 e. The van der Waals surface area contributed by atoms with Gasteiger partial charge >= 0.3 is 0 Å². The number of nitrogens with one attached hydrogen (secondary N) is 1. The van der Waals surface area contributed by atoms with Gasteiger partial charge in [-0.2, -0.15) is 0 Å². The topological polar surface area (TPSA) is 93.9 Å². The largest absolute Gasteiger partial charge is 0.492 e. The van der Waals surface area contributed by atoms with Crippen molar-refractivity contribution in [1.29, 1.82) is 0 Å². The van der Waals surface area contributed by atoms with Crippen molar-refractivity contribution < 1.29 is 18.7 Å². The van der Waals surface area contributed by atoms with Crippen LogP contribution in [0.4, 0.5) is 0 Å². The minimum atomic E-state index is -0.109. The lowest BCUT2D eigenvalue weighted by Gasteiger charge is -2.13. The Morgan fingerprint density at radius 1 is 1.05 bits per heavy atom. The normalized spacial score (nSPS) is 13.8. The van der Waals surface area contributed by atoms with Crippen molar-refractivity contribution in [2.45, 2.75) is 51.5 Å². The molecule has 2 aromatic carbocycles. The molecule has 1 saturated carbocycles. The van der Waals surface area contributed by atoms with E-state index in [1.807, 2.05) is 44.1 Å². The summed E-state index contributed by atoms with van der Waals surface area (Å²) >= 11 is 0. The van der Waals surface area contributed by atoms with Crippen molar-refractivity contribution in [3.63, 3.8) is 0 Å². The maximum Gasteiger partial charge on any atom is 0.220 e. The Bertz CT molecular complexity index is 1520. The number of hydrogen-bond acceptors (Lipinski definition) is 7. The van der Waals surface area contributed by atoms with Crippen LogP contribution in [0.25, 0.3) is 21.9 Å². The molecule has 2 heterocycles. The van der Waals surface area contributed by atoms with Gasteiger partial charge in [-0.1, -0.05) is 12.8 Å². The molecule has 39 heavy (non-hydrogen) atoms. The number of pyridine rings is 1. The average Bonchev–Trinajstić information content (AvgIpc) is 3.42. The van der Waals surface area contributed by atoms with E-state index in [1.54, 1.807) is 30.5 Å². The maximum absolute atomic E-state index is 13.3. The molecule has 1 aliphatic carbocycles. The number of nitrogens with zero attached hydrogens (tertiary/aromatic N) is 2. The van der Waals surface area contributed by atoms with E-state index in [9.17, 15) is 9.59 Å². The van der Waals surface area contributed by atoms with Gasteiger partial charge in [0.25, 0.3) is 0 Å². The second-order valence-corrected chi connectivity index (χ2v) is 10.5. The summed E-state index contributed by atoms with van der Waals surface area (Å²) < 4.78 is 18.0. The van der Waals surface area contributed by atoms with Crippen molar-refractivity contribution in [2.24, 2.45) is 0 Å². The molecule has 0 unspecified atom stereocenters. The summed E-state index contributed by atoms with van der Waals surface area (Å²) in [4.78, 5) is 32.0. The number of fused-ring (bicyclic) bond motifs is 2. The number of carbonyl (C=O) groups is 1. The SMILES string of the molecule is Cc1cc(OCCN(C)C)cc2c(=O)c3ccc(Oc4ccc(CCC(=O)NC5CCCC5)nc4)cc3oc12. The van der Waals surface area contributed by atoms with Crippen molar-refractivity contribution in [2.75, 3.05) is 27.2 Å². The molecule has 5 rings (SSSR count). The monoisotopic (exact) mass is 529 g/mol. The summed E-state index contributed by atoms with van der Waals surface area (Å²) in [6, 6.07) is 12.9. The van der Waals surface area contributed by atoms with E-state index in [0.717, 1.165) is 30.6 Å². The Balaban J connectivity index is 1.27. The third kappa shape index (κ3) is 6.57. The highest BCUT2D eigenvalue weighted by atomic mass is 16.5. The zero-order chi connectivity index (χ0) is 27.4. The van der Waals surface area contributed by atoms with Gasteiger partial charge in [0.15, 0.2) is 0 Å². The molecule has 1 amide bonds. The summed E-state index contributed by atoms with van der Waals surface area (Å²) in [6.07, 6.45) is 7.20. The number of aryl methyl sites for hydroxylation is 2. The van der Waals surface area contributed by atoms with E-state index >= 15 is 0 Å². The number of ether oxygens (including phenoxy) is 2. The van der Waals surface area contributed by atoms with E-state index in [4.69, 9.17) is 13.9 Å². The number of hydrogen-bond donors (Lipinski definition) is 1. The van der Waals surface area contributed by atoms with Crippen LogP contribution in [0.3, 0.4) is 0 Å². The fourth-order valence-corrected chi connectivity index (χ4v) is 4.93. The highest BCUT2D eigenvalue weighted by Crippen LogP contribution is 2.29. The van der Waals surface area contributed by atoms with Gasteiger partial charge in [-0.25, -0.2) is 0 Å². The summed E-state index contributed by atoms with van der Waals surface area (Å²) in [5, 5.41) is 4.08. The van der Waals surface area contributed by atoms with Gasteiger partial charge in [0.05, 0.1) is 17.0 Å². The number of rotatable bonds is 10. The van der Waals surface area contributed by atoms with Gasteiger partial charge < -0.3 is 24.1 Å². The third-order valence-electron chi connectivity index (χ3n) is 7.07. The predicted molar refractivity (Wildman–Crippen MR) is 152 cm³/mol. The first-order valence-corrected chi connectivity index (χ1v) is 13.6. The first-order chi connectivity index (χ1) is 18.9. The van der Waals surface area contributed by atoms with E-state index in [-0.39, 0.29) is 11.3 Å². The Labute approximate surface area is 227 Å². The van der Waals surface area contributed by atoms with Gasteiger partial charge in [0, 0.05) is 30.8 Å². The molecule has 8 nitrogen and oxygen atoms in total. The second kappa shape index (κ2) is 11.9. The molecule has 0 spiro atoms. The Kier molecular flexibility index (Phi) is 8.12. The minimum absolute atomic E-state index is 0.0810. The molecule has 0 aliphatic heterocycles. The van der Waals surface area contributed by atoms with Gasteiger partial charge in [0.1, 0.15) is 35.0 Å². The highest BCUT2D eigenvalue weighted by Gasteiger charge is 2.17. The van der Waals surface area contributed by atoms with Gasteiger partial charge in [0.2, 0.25) is 11.3 Å². The lowest BCUT2D eigenvalue weighted by molar-refractivity contribution is -0.121. The minimum Gasteiger partial charge on any atom is -0.492 e. The maximum atomic E-state index is 13.3. The lowest BCUT2D eigenvalue weighted by atomic mass is 10.1. The van der Waals surface area contributed by atoms with Crippen molar-refractivity contribution in [3.8, 4) is 17.2 Å². The van der Waals surface area contributed by atoms with E-state index in [0.29, 0.717) is 64.7 Å². The molecule has 0 saturated heterocycles. The van der Waals surface area contributed by atoms with Crippen LogP contribution in [0.1, 0.15) is 43.4 Å². The fourth-order valence-electron chi connectivity index (χ4n) is 4.93. The Morgan fingerprint density at radius 3 is 2.59 bits per heavy atom. The highest BCUT2D eigenvalue weighted by molar-refractivity contribution is 5.92. The third-order valence-corrected chi connectivity index (χ3v) is 7.07. The number of amides is 1. The lowest BCUT2D eigenvalue weighted by Crippen LogP contribution is -2.32. The summed E-state index contributed by atoms with van der Waals surface area (Å²) in [5.74, 6) is 1.83. The fraction of sp³-hybridized carbons (Fsp3) is 0.387. The zero-order valence-corrected chi connectivity index (χ0v) is 22.8. The molecule has 0 radical (unpaired) electrons. The molecule has 0 bridgehead atoms. The van der Waals surface area contributed by atoms with Crippen LogP contribution >= 0.6 is 0 Å². The average molecular weight is 530 g/mol. The van der Waals surface area contributed by atoms with Crippen LogP contribution < -0.4 is 20.2 Å². The molecule has 2 aromatic heterocycles. The van der Waals surface area contributed by atoms with Crippen LogP contribution in [-0.2, 0) is 11.2 Å². The molecule has 0 atom stereocenters. The Hall–Kier alpha value is -3.91. The standard InChI is InChI=1S/C31H35N3O5/c1-20-16-25(37-15-14-34(2)3)17-27-30(36)26-12-11-23(18-28(26)39-31(20)27)38-24-10-8-21(32-19-24)9-13-29(35)33-22-6-4-5-7-22/h8,10-12,16-19,22H,4-7,9,13-15H2,1-3H3,(H,33,35). The summed E-state index contributed by atoms with van der Waals surface area (Å²) in [6.45, 7) is 3.22. The summed E-state index contributed by atoms with van der Waals surface area (Å²) in [5.41, 5.74) is 2.54. The van der Waals surface area contributed by atoms with Crippen LogP contribution in [0.2, 0.25) is 0 Å². The number of likely N-dealkylation sites (N-methyl/N-ethyl adjacent to an activating group) is 1. The molecule has 1 aliphatic rings. The molecule has 4 aromatic rings. The molecule has 1 N–H and O–H groups in total. The first kappa shape index (κ1) is 26.7. The van der Waals surface area contributed by atoms with Crippen molar-refractivity contribution >= 4 is 27.8 Å². The number of benzene rings is 2. The van der Waals surface area contributed by atoms with Gasteiger partial charge in [-0.05, 0) is 82.2 Å². The predicted octanol–water partition coefficient (Wildman–Crippen LogP) is 5.37. The van der Waals surface area contributed by atoms with E-state index in [2.05, 4.69) is 10.3 Å². The zero-order valence-electron chi connectivity index (χ0n) is 22.8. The molecule has 8 heteroatoms. The van der Waals surface area contributed by atoms with Gasteiger partial charge in [-0.15, -0.1) is 0 Å². The second-order valence-electron chi connectivity index (χ2n) is 10.5. The first-order valence-electron chi connectivity index (χ1n) is 13.6. The number of aromatic nitrogens is 1. The Morgan fingerprint density at radius 2 is 1.85 bits per heavy atom. The molecule has 204 valence electrons. The van der Waals surface area contributed by atoms with E-state index < -0.39 is 0 Å². The van der Waals surface area contributed by atoms with Crippen LogP contribution in [0.5, 0.6) is 17.2 Å². The van der Waals surface area contributed by atoms with Crippen LogP contribution in [0, 0.1) is 6.92 Å². The summed E-state index contributed by atoms with van der Waals surface area (Å²) in [7, 11) is 3.97. The number of carbonyl (C=O) groups excluding carboxylic acids is 1. The van der Waals surface area contributed by atoms with Crippen LogP contribution in [0.15, 0.2) is 57.9 Å². The quantitative estimate of drug-likeness (QED) is 0.276. The van der Waals surface area contributed by atoms with Gasteiger partial charge in [-0.3, -0.25) is 14.6 Å². The van der Waals surface area contributed by atoms with Crippen molar-refractivity contribution in [1.82, 2.24) is 15.2 Å². The van der Waals surface area contributed by atoms with E-state index in [1.165, 1.54) is 12.8 Å². The molecular weight excluding hydrogens is 494 g/mol. The molecular formula is C31H35N3O5. The van der Waals surface area contributed by atoms with Crippen molar-refractivity contribution in [3.05, 3.63) is 70.1 Å². The van der Waals surface area contributed by atoms with Crippen LogP contribution in [-0.4, -0.2) is 49.1 Å². The molecule has 1 fully saturated rings.